The summed E-state index contributed by atoms with van der Waals surface area (Å²) in [5.41, 5.74) is 0.227. The van der Waals surface area contributed by atoms with Crippen molar-refractivity contribution in [2.45, 2.75) is 56.2 Å². The van der Waals surface area contributed by atoms with Crippen molar-refractivity contribution in [2.24, 2.45) is 5.41 Å². The van der Waals surface area contributed by atoms with E-state index in [1.807, 2.05) is 24.3 Å². The Morgan fingerprint density at radius 2 is 2.00 bits per heavy atom. The van der Waals surface area contributed by atoms with Gasteiger partial charge < -0.3 is 5.32 Å². The number of benzene rings is 1. The maximum atomic E-state index is 12.9. The fraction of sp³-hybridized carbons (Fsp3) is 0.625. The van der Waals surface area contributed by atoms with E-state index in [1.165, 1.54) is 0 Å². The van der Waals surface area contributed by atoms with Gasteiger partial charge in [-0.05, 0) is 55.5 Å². The predicted molar refractivity (Wildman–Crippen MR) is 89.4 cm³/mol. The Balaban J connectivity index is 2.17. The van der Waals surface area contributed by atoms with Gasteiger partial charge in [-0.1, -0.05) is 36.7 Å². The largest absolute Gasteiger partial charge is 0.312 e. The molecule has 1 fully saturated rings. The molecule has 0 radical (unpaired) electrons. The fourth-order valence-corrected chi connectivity index (χ4v) is 5.08. The highest BCUT2D eigenvalue weighted by molar-refractivity contribution is 9.10. The summed E-state index contributed by atoms with van der Waals surface area (Å²) in [7, 11) is -0.930. The van der Waals surface area contributed by atoms with Crippen LogP contribution in [0, 0.1) is 5.41 Å². The zero-order valence-electron chi connectivity index (χ0n) is 12.5. The number of rotatable bonds is 5. The van der Waals surface area contributed by atoms with Gasteiger partial charge >= 0.3 is 0 Å². The van der Waals surface area contributed by atoms with Crippen LogP contribution < -0.4 is 5.32 Å². The Hall–Kier alpha value is -0.190. The highest BCUT2D eigenvalue weighted by Crippen LogP contribution is 2.41. The van der Waals surface area contributed by atoms with E-state index in [-0.39, 0.29) is 10.7 Å². The van der Waals surface area contributed by atoms with Gasteiger partial charge in [0.25, 0.3) is 0 Å². The summed E-state index contributed by atoms with van der Waals surface area (Å²) in [5.74, 6) is 0. The lowest BCUT2D eigenvalue weighted by atomic mass is 9.87. The summed E-state index contributed by atoms with van der Waals surface area (Å²) in [6, 6.07) is 8.24. The molecule has 1 saturated carbocycles. The van der Waals surface area contributed by atoms with E-state index in [9.17, 15) is 4.21 Å². The SMILES string of the molecule is CCCNC1C(S(=O)c2ccc(Br)cc2)CCC1(C)C. The maximum Gasteiger partial charge on any atom is 0.0576 e. The van der Waals surface area contributed by atoms with Crippen LogP contribution in [0.5, 0.6) is 0 Å². The molecule has 4 heteroatoms. The summed E-state index contributed by atoms with van der Waals surface area (Å²) in [6.07, 6.45) is 3.29. The van der Waals surface area contributed by atoms with Gasteiger partial charge in [0.15, 0.2) is 0 Å². The van der Waals surface area contributed by atoms with Crippen molar-refractivity contribution in [1.29, 1.82) is 0 Å². The lowest BCUT2D eigenvalue weighted by Gasteiger charge is -2.31. The summed E-state index contributed by atoms with van der Waals surface area (Å²) >= 11 is 3.43. The number of hydrogen-bond acceptors (Lipinski definition) is 2. The Morgan fingerprint density at radius 1 is 1.35 bits per heavy atom. The number of nitrogens with one attached hydrogen (secondary N) is 1. The van der Waals surface area contributed by atoms with Gasteiger partial charge in [0.1, 0.15) is 0 Å². The first-order chi connectivity index (χ1) is 9.45. The van der Waals surface area contributed by atoms with E-state index < -0.39 is 10.8 Å². The van der Waals surface area contributed by atoms with Crippen LogP contribution in [0.4, 0.5) is 0 Å². The summed E-state index contributed by atoms with van der Waals surface area (Å²) in [4.78, 5) is 0.944. The molecule has 0 heterocycles. The van der Waals surface area contributed by atoms with Crippen LogP contribution in [-0.4, -0.2) is 22.0 Å². The minimum absolute atomic E-state index is 0.220. The number of halogens is 1. The van der Waals surface area contributed by atoms with E-state index in [1.54, 1.807) is 0 Å². The van der Waals surface area contributed by atoms with Crippen LogP contribution in [0.3, 0.4) is 0 Å². The maximum absolute atomic E-state index is 12.9. The molecule has 0 bridgehead atoms. The second-order valence-electron chi connectivity index (χ2n) is 6.25. The first kappa shape index (κ1) is 16.2. The molecule has 2 rings (SSSR count). The first-order valence-electron chi connectivity index (χ1n) is 7.35. The molecule has 3 unspecified atom stereocenters. The molecule has 0 aliphatic heterocycles. The second-order valence-corrected chi connectivity index (χ2v) is 8.84. The molecule has 1 aromatic carbocycles. The van der Waals surface area contributed by atoms with E-state index in [4.69, 9.17) is 0 Å². The molecule has 1 aromatic rings. The van der Waals surface area contributed by atoms with Gasteiger partial charge in [-0.2, -0.15) is 0 Å². The van der Waals surface area contributed by atoms with Gasteiger partial charge in [-0.15, -0.1) is 0 Å². The Morgan fingerprint density at radius 3 is 2.60 bits per heavy atom. The van der Waals surface area contributed by atoms with E-state index >= 15 is 0 Å². The highest BCUT2D eigenvalue weighted by atomic mass is 79.9. The lowest BCUT2D eigenvalue weighted by molar-refractivity contribution is 0.286. The third kappa shape index (κ3) is 3.52. The minimum atomic E-state index is -0.930. The topological polar surface area (TPSA) is 29.1 Å². The third-order valence-electron chi connectivity index (χ3n) is 4.22. The fourth-order valence-electron chi connectivity index (χ4n) is 3.02. The van der Waals surface area contributed by atoms with Crippen LogP contribution >= 0.6 is 15.9 Å². The Bertz CT molecular complexity index is 472. The number of hydrogen-bond donors (Lipinski definition) is 1. The molecule has 112 valence electrons. The van der Waals surface area contributed by atoms with Crippen LogP contribution in [0.15, 0.2) is 33.6 Å². The van der Waals surface area contributed by atoms with Gasteiger partial charge in [0, 0.05) is 15.4 Å². The molecule has 0 amide bonds. The molecule has 1 aliphatic carbocycles. The summed E-state index contributed by atoms with van der Waals surface area (Å²) in [6.45, 7) is 7.76. The zero-order chi connectivity index (χ0) is 14.8. The molecular formula is C16H24BrNOS. The highest BCUT2D eigenvalue weighted by Gasteiger charge is 2.44. The van der Waals surface area contributed by atoms with Crippen LogP contribution in [0.2, 0.25) is 0 Å². The lowest BCUT2D eigenvalue weighted by Crippen LogP contribution is -2.46. The van der Waals surface area contributed by atoms with Crippen LogP contribution in [-0.2, 0) is 10.8 Å². The van der Waals surface area contributed by atoms with Crippen LogP contribution in [0.25, 0.3) is 0 Å². The van der Waals surface area contributed by atoms with Crippen molar-refractivity contribution in [3.63, 3.8) is 0 Å². The first-order valence-corrected chi connectivity index (χ1v) is 9.36. The molecule has 0 spiro atoms. The molecule has 0 saturated heterocycles. The minimum Gasteiger partial charge on any atom is -0.312 e. The quantitative estimate of drug-likeness (QED) is 0.858. The van der Waals surface area contributed by atoms with Gasteiger partial charge in [0.05, 0.1) is 16.0 Å². The second kappa shape index (κ2) is 6.71. The Labute approximate surface area is 133 Å². The monoisotopic (exact) mass is 357 g/mol. The van der Waals surface area contributed by atoms with Crippen molar-refractivity contribution in [2.75, 3.05) is 6.54 Å². The molecule has 20 heavy (non-hydrogen) atoms. The molecule has 3 atom stereocenters. The Kier molecular flexibility index (Phi) is 5.43. The molecule has 0 aromatic heterocycles. The zero-order valence-corrected chi connectivity index (χ0v) is 14.9. The predicted octanol–water partition coefficient (Wildman–Crippen LogP) is 4.11. The molecule has 2 nitrogen and oxygen atoms in total. The van der Waals surface area contributed by atoms with Gasteiger partial charge in [-0.3, -0.25) is 4.21 Å². The molecule has 1 aliphatic rings. The van der Waals surface area contributed by atoms with Crippen molar-refractivity contribution >= 4 is 26.7 Å². The molecular weight excluding hydrogens is 334 g/mol. The average Bonchev–Trinajstić information content (AvgIpc) is 2.71. The van der Waals surface area contributed by atoms with Crippen molar-refractivity contribution in [1.82, 2.24) is 5.32 Å². The summed E-state index contributed by atoms with van der Waals surface area (Å²) < 4.78 is 13.9. The van der Waals surface area contributed by atoms with Crippen molar-refractivity contribution < 1.29 is 4.21 Å². The van der Waals surface area contributed by atoms with Crippen molar-refractivity contribution in [3.05, 3.63) is 28.7 Å². The van der Waals surface area contributed by atoms with Gasteiger partial charge in [0.2, 0.25) is 0 Å². The third-order valence-corrected chi connectivity index (χ3v) is 6.55. The smallest absolute Gasteiger partial charge is 0.0576 e. The van der Waals surface area contributed by atoms with E-state index in [2.05, 4.69) is 42.0 Å². The average molecular weight is 358 g/mol. The standard InChI is InChI=1S/C16H24BrNOS/c1-4-11-18-15-14(9-10-16(15,2)3)20(19)13-7-5-12(17)6-8-13/h5-8,14-15,18H,4,9-11H2,1-3H3. The van der Waals surface area contributed by atoms with E-state index in [0.717, 1.165) is 35.2 Å². The van der Waals surface area contributed by atoms with Crippen molar-refractivity contribution in [3.8, 4) is 0 Å². The normalized spacial score (nSPS) is 26.6. The van der Waals surface area contributed by atoms with Gasteiger partial charge in [-0.25, -0.2) is 0 Å². The van der Waals surface area contributed by atoms with Crippen LogP contribution in [0.1, 0.15) is 40.0 Å². The summed E-state index contributed by atoms with van der Waals surface area (Å²) in [5, 5.41) is 3.85. The molecule has 1 N–H and O–H groups in total. The van der Waals surface area contributed by atoms with E-state index in [0.29, 0.717) is 6.04 Å².